The summed E-state index contributed by atoms with van der Waals surface area (Å²) in [4.78, 5) is 12.3. The van der Waals surface area contributed by atoms with E-state index in [1.807, 2.05) is 19.1 Å². The van der Waals surface area contributed by atoms with Gasteiger partial charge in [-0.1, -0.05) is 29.3 Å². The zero-order chi connectivity index (χ0) is 14.9. The van der Waals surface area contributed by atoms with E-state index in [2.05, 4.69) is 5.32 Å². The first-order valence-corrected chi connectivity index (χ1v) is 6.66. The summed E-state index contributed by atoms with van der Waals surface area (Å²) in [7, 11) is 3.23. The average Bonchev–Trinajstić information content (AvgIpc) is 2.67. The first-order valence-electron chi connectivity index (χ1n) is 5.90. The average molecular weight is 313 g/mol. The SMILES string of the molecule is COc1ccc(C)cc1NC(=O)c1cc(Cl)c(Cl)n1C. The van der Waals surface area contributed by atoms with E-state index in [-0.39, 0.29) is 5.91 Å². The van der Waals surface area contributed by atoms with Crippen molar-refractivity contribution in [3.05, 3.63) is 45.7 Å². The van der Waals surface area contributed by atoms with Crippen molar-refractivity contribution in [3.63, 3.8) is 0 Å². The number of hydrogen-bond acceptors (Lipinski definition) is 2. The van der Waals surface area contributed by atoms with Gasteiger partial charge in [-0.2, -0.15) is 0 Å². The van der Waals surface area contributed by atoms with Crippen LogP contribution in [0.3, 0.4) is 0 Å². The number of aryl methyl sites for hydroxylation is 1. The highest BCUT2D eigenvalue weighted by Gasteiger charge is 2.17. The number of rotatable bonds is 3. The van der Waals surface area contributed by atoms with E-state index in [0.29, 0.717) is 27.3 Å². The normalized spacial score (nSPS) is 10.4. The Balaban J connectivity index is 2.32. The Morgan fingerprint density at radius 2 is 2.00 bits per heavy atom. The van der Waals surface area contributed by atoms with Gasteiger partial charge < -0.3 is 14.6 Å². The van der Waals surface area contributed by atoms with E-state index in [4.69, 9.17) is 27.9 Å². The Bertz CT molecular complexity index is 665. The zero-order valence-electron chi connectivity index (χ0n) is 11.3. The number of aromatic nitrogens is 1. The van der Waals surface area contributed by atoms with Crippen molar-refractivity contribution in [2.75, 3.05) is 12.4 Å². The Morgan fingerprint density at radius 3 is 2.55 bits per heavy atom. The van der Waals surface area contributed by atoms with Gasteiger partial charge in [0.1, 0.15) is 16.6 Å². The maximum absolute atomic E-state index is 12.3. The summed E-state index contributed by atoms with van der Waals surface area (Å²) in [6.07, 6.45) is 0. The molecule has 0 spiro atoms. The van der Waals surface area contributed by atoms with Crippen LogP contribution in [0.15, 0.2) is 24.3 Å². The molecule has 106 valence electrons. The highest BCUT2D eigenvalue weighted by molar-refractivity contribution is 6.42. The van der Waals surface area contributed by atoms with Gasteiger partial charge in [0, 0.05) is 7.05 Å². The summed E-state index contributed by atoms with van der Waals surface area (Å²) < 4.78 is 6.75. The molecule has 2 rings (SSSR count). The molecule has 1 aromatic carbocycles. The number of nitrogens with zero attached hydrogens (tertiary/aromatic N) is 1. The number of ether oxygens (including phenoxy) is 1. The van der Waals surface area contributed by atoms with Crippen molar-refractivity contribution in [2.45, 2.75) is 6.92 Å². The number of anilines is 1. The van der Waals surface area contributed by atoms with E-state index in [0.717, 1.165) is 5.56 Å². The largest absolute Gasteiger partial charge is 0.495 e. The molecule has 6 heteroatoms. The number of benzene rings is 1. The number of hydrogen-bond donors (Lipinski definition) is 1. The molecule has 0 aliphatic rings. The number of carbonyl (C=O) groups excluding carboxylic acids is 1. The van der Waals surface area contributed by atoms with Gasteiger partial charge in [-0.15, -0.1) is 0 Å². The van der Waals surface area contributed by atoms with Crippen LogP contribution in [-0.4, -0.2) is 17.6 Å². The lowest BCUT2D eigenvalue weighted by atomic mass is 10.2. The summed E-state index contributed by atoms with van der Waals surface area (Å²) in [6.45, 7) is 1.94. The minimum atomic E-state index is -0.301. The van der Waals surface area contributed by atoms with E-state index in [1.165, 1.54) is 10.6 Å². The van der Waals surface area contributed by atoms with Crippen LogP contribution >= 0.6 is 23.2 Å². The minimum absolute atomic E-state index is 0.301. The third-order valence-electron chi connectivity index (χ3n) is 2.95. The summed E-state index contributed by atoms with van der Waals surface area (Å²) in [6, 6.07) is 7.07. The van der Waals surface area contributed by atoms with Gasteiger partial charge in [0.25, 0.3) is 5.91 Å². The third kappa shape index (κ3) is 2.76. The Hall–Kier alpha value is -1.65. The summed E-state index contributed by atoms with van der Waals surface area (Å²) in [5.74, 6) is 0.292. The predicted molar refractivity (Wildman–Crippen MR) is 81.1 cm³/mol. The molecule has 0 saturated heterocycles. The second kappa shape index (κ2) is 5.77. The van der Waals surface area contributed by atoms with Crippen LogP contribution in [0.2, 0.25) is 10.2 Å². The molecule has 0 unspecified atom stereocenters. The number of amides is 1. The Labute approximate surface area is 127 Å². The van der Waals surface area contributed by atoms with E-state index < -0.39 is 0 Å². The lowest BCUT2D eigenvalue weighted by Gasteiger charge is -2.11. The number of methoxy groups -OCH3 is 1. The van der Waals surface area contributed by atoms with Crippen molar-refractivity contribution in [3.8, 4) is 5.75 Å². The zero-order valence-corrected chi connectivity index (χ0v) is 12.8. The smallest absolute Gasteiger partial charge is 0.272 e. The minimum Gasteiger partial charge on any atom is -0.495 e. The van der Waals surface area contributed by atoms with Gasteiger partial charge in [0.15, 0.2) is 0 Å². The standard InChI is InChI=1S/C14H14Cl2N2O2/c1-8-4-5-12(20-3)10(6-8)17-14(19)11-7-9(15)13(16)18(11)2/h4-7H,1-3H3,(H,17,19). The van der Waals surface area contributed by atoms with Crippen molar-refractivity contribution < 1.29 is 9.53 Å². The molecule has 4 nitrogen and oxygen atoms in total. The van der Waals surface area contributed by atoms with Gasteiger partial charge >= 0.3 is 0 Å². The van der Waals surface area contributed by atoms with Gasteiger partial charge in [-0.05, 0) is 30.7 Å². The molecule has 0 radical (unpaired) electrons. The van der Waals surface area contributed by atoms with Crippen LogP contribution in [0.1, 0.15) is 16.1 Å². The summed E-state index contributed by atoms with van der Waals surface area (Å²) in [5.41, 5.74) is 2.00. The maximum Gasteiger partial charge on any atom is 0.272 e. The van der Waals surface area contributed by atoms with Crippen LogP contribution in [0.25, 0.3) is 0 Å². The van der Waals surface area contributed by atoms with E-state index in [1.54, 1.807) is 20.2 Å². The molecule has 20 heavy (non-hydrogen) atoms. The van der Waals surface area contributed by atoms with Gasteiger partial charge in [-0.3, -0.25) is 4.79 Å². The highest BCUT2D eigenvalue weighted by Crippen LogP contribution is 2.28. The molecule has 0 saturated carbocycles. The molecule has 0 aliphatic carbocycles. The van der Waals surface area contributed by atoms with Crippen LogP contribution in [0.4, 0.5) is 5.69 Å². The first-order chi connectivity index (χ1) is 9.43. The lowest BCUT2D eigenvalue weighted by molar-refractivity contribution is 0.101. The molecule has 2 aromatic rings. The number of carbonyl (C=O) groups is 1. The lowest BCUT2D eigenvalue weighted by Crippen LogP contribution is -2.16. The third-order valence-corrected chi connectivity index (χ3v) is 3.79. The quantitative estimate of drug-likeness (QED) is 0.934. The molecule has 0 atom stereocenters. The summed E-state index contributed by atoms with van der Waals surface area (Å²) in [5, 5.41) is 3.47. The molecule has 0 bridgehead atoms. The van der Waals surface area contributed by atoms with Gasteiger partial charge in [-0.25, -0.2) is 0 Å². The fourth-order valence-electron chi connectivity index (χ4n) is 1.87. The predicted octanol–water partition coefficient (Wildman–Crippen LogP) is 3.90. The van der Waals surface area contributed by atoms with Crippen LogP contribution in [0.5, 0.6) is 5.75 Å². The Morgan fingerprint density at radius 1 is 1.30 bits per heavy atom. The second-order valence-corrected chi connectivity index (χ2v) is 5.15. The Kier molecular flexibility index (Phi) is 4.26. The van der Waals surface area contributed by atoms with Crippen LogP contribution in [0, 0.1) is 6.92 Å². The van der Waals surface area contributed by atoms with Crippen molar-refractivity contribution in [1.29, 1.82) is 0 Å². The van der Waals surface area contributed by atoms with Crippen molar-refractivity contribution >= 4 is 34.8 Å². The molecule has 0 aliphatic heterocycles. The molecule has 0 fully saturated rings. The van der Waals surface area contributed by atoms with Crippen molar-refractivity contribution in [2.24, 2.45) is 7.05 Å². The van der Waals surface area contributed by atoms with Gasteiger partial charge in [0.05, 0.1) is 17.8 Å². The topological polar surface area (TPSA) is 43.3 Å². The van der Waals surface area contributed by atoms with Crippen LogP contribution in [-0.2, 0) is 7.05 Å². The van der Waals surface area contributed by atoms with Gasteiger partial charge in [0.2, 0.25) is 0 Å². The fourth-order valence-corrected chi connectivity index (χ4v) is 2.24. The van der Waals surface area contributed by atoms with Crippen molar-refractivity contribution in [1.82, 2.24) is 4.57 Å². The first kappa shape index (κ1) is 14.8. The molecular weight excluding hydrogens is 299 g/mol. The summed E-state index contributed by atoms with van der Waals surface area (Å²) >= 11 is 11.9. The van der Waals surface area contributed by atoms with Crippen LogP contribution < -0.4 is 10.1 Å². The maximum atomic E-state index is 12.3. The van der Waals surface area contributed by atoms with E-state index in [9.17, 15) is 4.79 Å². The molecular formula is C14H14Cl2N2O2. The fraction of sp³-hybridized carbons (Fsp3) is 0.214. The monoisotopic (exact) mass is 312 g/mol. The molecule has 1 aromatic heterocycles. The molecule has 1 heterocycles. The number of nitrogens with one attached hydrogen (secondary N) is 1. The highest BCUT2D eigenvalue weighted by atomic mass is 35.5. The number of halogens is 2. The molecule has 1 amide bonds. The van der Waals surface area contributed by atoms with E-state index >= 15 is 0 Å². The second-order valence-electron chi connectivity index (χ2n) is 4.39. The molecule has 1 N–H and O–H groups in total.